The third-order valence-electron chi connectivity index (χ3n) is 3.13. The summed E-state index contributed by atoms with van der Waals surface area (Å²) in [6, 6.07) is 0. The lowest BCUT2D eigenvalue weighted by molar-refractivity contribution is -0.383. The van der Waals surface area contributed by atoms with Crippen molar-refractivity contribution in [2.75, 3.05) is 24.2 Å². The first-order valence-electron chi connectivity index (χ1n) is 5.55. The van der Waals surface area contributed by atoms with Gasteiger partial charge in [-0.1, -0.05) is 6.42 Å². The summed E-state index contributed by atoms with van der Waals surface area (Å²) < 4.78 is 0. The Kier molecular flexibility index (Phi) is 3.08. The molecular formula is C10H15N5O2. The summed E-state index contributed by atoms with van der Waals surface area (Å²) in [6.45, 7) is 0.775. The number of anilines is 2. The highest BCUT2D eigenvalue weighted by atomic mass is 16.6. The lowest BCUT2D eigenvalue weighted by Crippen LogP contribution is -2.30. The Labute approximate surface area is 98.8 Å². The molecular weight excluding hydrogens is 222 g/mol. The summed E-state index contributed by atoms with van der Waals surface area (Å²) in [4.78, 5) is 19.8. The zero-order valence-electron chi connectivity index (χ0n) is 9.67. The molecule has 0 bridgehead atoms. The van der Waals surface area contributed by atoms with Gasteiger partial charge < -0.3 is 10.6 Å². The Morgan fingerprint density at radius 3 is 2.82 bits per heavy atom. The van der Waals surface area contributed by atoms with Crippen LogP contribution in [0.4, 0.5) is 17.3 Å². The minimum atomic E-state index is -0.526. The van der Waals surface area contributed by atoms with Crippen LogP contribution in [0.15, 0.2) is 6.33 Å². The molecule has 0 unspecified atom stereocenters. The van der Waals surface area contributed by atoms with Gasteiger partial charge in [0.05, 0.1) is 4.92 Å². The van der Waals surface area contributed by atoms with Crippen molar-refractivity contribution in [2.45, 2.75) is 19.3 Å². The lowest BCUT2D eigenvalue weighted by atomic mass is 9.85. The Morgan fingerprint density at radius 2 is 2.29 bits per heavy atom. The highest BCUT2D eigenvalue weighted by molar-refractivity contribution is 5.68. The molecule has 1 aliphatic rings. The largest absolute Gasteiger partial charge is 0.378 e. The fourth-order valence-corrected chi connectivity index (χ4v) is 1.99. The van der Waals surface area contributed by atoms with Crippen LogP contribution in [0.5, 0.6) is 0 Å². The zero-order chi connectivity index (χ0) is 12.4. The van der Waals surface area contributed by atoms with Crippen molar-refractivity contribution in [3.8, 4) is 0 Å². The van der Waals surface area contributed by atoms with Crippen LogP contribution in [0.2, 0.25) is 0 Å². The van der Waals surface area contributed by atoms with E-state index in [-0.39, 0.29) is 11.5 Å². The van der Waals surface area contributed by atoms with Crippen LogP contribution >= 0.6 is 0 Å². The minimum absolute atomic E-state index is 0.0829. The molecule has 0 atom stereocenters. The van der Waals surface area contributed by atoms with Crippen LogP contribution in [0.1, 0.15) is 19.3 Å². The molecule has 0 amide bonds. The standard InChI is InChI=1S/C10H15N5O2/c1-14(5-7-3-2-4-7)10-8(15(16)17)9(11)12-6-13-10/h6-7H,2-5H2,1H3,(H2,11,12,13). The van der Waals surface area contributed by atoms with Crippen LogP contribution in [0.3, 0.4) is 0 Å². The first-order chi connectivity index (χ1) is 8.09. The van der Waals surface area contributed by atoms with Crippen molar-refractivity contribution in [2.24, 2.45) is 5.92 Å². The van der Waals surface area contributed by atoms with Gasteiger partial charge in [0.15, 0.2) is 0 Å². The Hall–Kier alpha value is -1.92. The van der Waals surface area contributed by atoms with Crippen molar-refractivity contribution in [3.63, 3.8) is 0 Å². The van der Waals surface area contributed by atoms with Crippen molar-refractivity contribution >= 4 is 17.3 Å². The molecule has 2 rings (SSSR count). The van der Waals surface area contributed by atoms with Gasteiger partial charge in [-0.15, -0.1) is 0 Å². The number of nitrogen functional groups attached to an aromatic ring is 1. The van der Waals surface area contributed by atoms with Crippen molar-refractivity contribution in [3.05, 3.63) is 16.4 Å². The molecule has 0 aliphatic heterocycles. The molecule has 1 fully saturated rings. The quantitative estimate of drug-likeness (QED) is 0.624. The maximum Gasteiger partial charge on any atom is 0.353 e. The van der Waals surface area contributed by atoms with E-state index >= 15 is 0 Å². The number of nitro groups is 1. The predicted octanol–water partition coefficient (Wildman–Crippen LogP) is 1.20. The Morgan fingerprint density at radius 1 is 1.59 bits per heavy atom. The molecule has 0 spiro atoms. The van der Waals surface area contributed by atoms with Gasteiger partial charge in [-0.2, -0.15) is 0 Å². The van der Waals surface area contributed by atoms with E-state index in [0.717, 1.165) is 6.54 Å². The van der Waals surface area contributed by atoms with Gasteiger partial charge in [0.2, 0.25) is 11.6 Å². The van der Waals surface area contributed by atoms with Gasteiger partial charge >= 0.3 is 5.69 Å². The van der Waals surface area contributed by atoms with Crippen molar-refractivity contribution < 1.29 is 4.92 Å². The van der Waals surface area contributed by atoms with E-state index < -0.39 is 4.92 Å². The van der Waals surface area contributed by atoms with Crippen LogP contribution in [0.25, 0.3) is 0 Å². The van der Waals surface area contributed by atoms with Crippen LogP contribution in [-0.2, 0) is 0 Å². The van der Waals surface area contributed by atoms with E-state index in [1.54, 1.807) is 11.9 Å². The molecule has 7 nitrogen and oxygen atoms in total. The molecule has 0 aromatic carbocycles. The molecule has 2 N–H and O–H groups in total. The number of rotatable bonds is 4. The lowest BCUT2D eigenvalue weighted by Gasteiger charge is -2.30. The predicted molar refractivity (Wildman–Crippen MR) is 63.7 cm³/mol. The topological polar surface area (TPSA) is 98.2 Å². The molecule has 1 saturated carbocycles. The van der Waals surface area contributed by atoms with E-state index in [1.165, 1.54) is 25.6 Å². The minimum Gasteiger partial charge on any atom is -0.378 e. The van der Waals surface area contributed by atoms with Gasteiger partial charge in [0.25, 0.3) is 0 Å². The fraction of sp³-hybridized carbons (Fsp3) is 0.600. The first kappa shape index (κ1) is 11.6. The molecule has 92 valence electrons. The van der Waals surface area contributed by atoms with Crippen LogP contribution < -0.4 is 10.6 Å². The van der Waals surface area contributed by atoms with Crippen LogP contribution in [-0.4, -0.2) is 28.5 Å². The van der Waals surface area contributed by atoms with Gasteiger partial charge in [0.1, 0.15) is 6.33 Å². The average molecular weight is 237 g/mol. The smallest absolute Gasteiger partial charge is 0.353 e. The monoisotopic (exact) mass is 237 g/mol. The maximum atomic E-state index is 10.9. The van der Waals surface area contributed by atoms with E-state index in [0.29, 0.717) is 11.7 Å². The highest BCUT2D eigenvalue weighted by Gasteiger charge is 2.26. The molecule has 0 radical (unpaired) electrons. The summed E-state index contributed by atoms with van der Waals surface area (Å²) >= 11 is 0. The number of hydrogen-bond acceptors (Lipinski definition) is 6. The van der Waals surface area contributed by atoms with E-state index in [9.17, 15) is 10.1 Å². The number of hydrogen-bond donors (Lipinski definition) is 1. The number of nitrogens with zero attached hydrogens (tertiary/aromatic N) is 4. The Balaban J connectivity index is 2.23. The zero-order valence-corrected chi connectivity index (χ0v) is 9.67. The maximum absolute atomic E-state index is 10.9. The SMILES string of the molecule is CN(CC1CCC1)c1ncnc(N)c1[N+](=O)[O-]. The van der Waals surface area contributed by atoms with Gasteiger partial charge in [0, 0.05) is 13.6 Å². The summed E-state index contributed by atoms with van der Waals surface area (Å²) in [5.41, 5.74) is 5.32. The van der Waals surface area contributed by atoms with Gasteiger partial charge in [-0.05, 0) is 18.8 Å². The summed E-state index contributed by atoms with van der Waals surface area (Å²) in [5.74, 6) is 0.825. The number of nitrogens with two attached hydrogens (primary N) is 1. The second kappa shape index (κ2) is 4.52. The highest BCUT2D eigenvalue weighted by Crippen LogP contribution is 2.32. The normalized spacial score (nSPS) is 15.4. The molecule has 1 heterocycles. The molecule has 0 saturated heterocycles. The van der Waals surface area contributed by atoms with Gasteiger partial charge in [-0.3, -0.25) is 10.1 Å². The summed E-state index contributed by atoms with van der Waals surface area (Å²) in [5, 5.41) is 10.9. The second-order valence-electron chi connectivity index (χ2n) is 4.37. The molecule has 17 heavy (non-hydrogen) atoms. The van der Waals surface area contributed by atoms with E-state index in [2.05, 4.69) is 9.97 Å². The van der Waals surface area contributed by atoms with Crippen LogP contribution in [0, 0.1) is 16.0 Å². The van der Waals surface area contributed by atoms with E-state index in [1.807, 2.05) is 0 Å². The second-order valence-corrected chi connectivity index (χ2v) is 4.37. The first-order valence-corrected chi connectivity index (χ1v) is 5.55. The number of aromatic nitrogens is 2. The summed E-state index contributed by atoms with van der Waals surface area (Å²) in [7, 11) is 1.80. The third-order valence-corrected chi connectivity index (χ3v) is 3.13. The Bertz CT molecular complexity index is 433. The fourth-order valence-electron chi connectivity index (χ4n) is 1.99. The van der Waals surface area contributed by atoms with E-state index in [4.69, 9.17) is 5.73 Å². The average Bonchev–Trinajstić information content (AvgIpc) is 2.22. The molecule has 7 heteroatoms. The van der Waals surface area contributed by atoms with Crippen molar-refractivity contribution in [1.29, 1.82) is 0 Å². The van der Waals surface area contributed by atoms with Gasteiger partial charge in [-0.25, -0.2) is 9.97 Å². The van der Waals surface area contributed by atoms with Crippen molar-refractivity contribution in [1.82, 2.24) is 9.97 Å². The molecule has 1 aromatic rings. The molecule has 1 aliphatic carbocycles. The third kappa shape index (κ3) is 2.27. The summed E-state index contributed by atoms with van der Waals surface area (Å²) in [6.07, 6.45) is 4.86. The molecule has 1 aromatic heterocycles.